The number of carbonyl (C=O) groups excluding carboxylic acids is 2. The molecule has 0 fully saturated rings. The van der Waals surface area contributed by atoms with Crippen LogP contribution >= 0.6 is 23.2 Å². The number of halogens is 3. The molecule has 3 rings (SSSR count). The number of benzene rings is 2. The maximum absolute atomic E-state index is 15.0. The second-order valence-corrected chi connectivity index (χ2v) is 8.08. The first-order valence-electron chi connectivity index (χ1n) is 9.27. The number of hydrogen-bond acceptors (Lipinski definition) is 4. The number of carbonyl (C=O) groups is 2. The van der Waals surface area contributed by atoms with E-state index in [4.69, 9.17) is 27.9 Å². The van der Waals surface area contributed by atoms with E-state index >= 15 is 0 Å². The topological polar surface area (TPSA) is 68.5 Å². The van der Waals surface area contributed by atoms with Gasteiger partial charge in [-0.2, -0.15) is 0 Å². The summed E-state index contributed by atoms with van der Waals surface area (Å²) in [6.45, 7) is 6.60. The van der Waals surface area contributed by atoms with Crippen LogP contribution in [0, 0.1) is 12.7 Å². The Morgan fingerprint density at radius 3 is 2.37 bits per heavy atom. The smallest absolute Gasteiger partial charge is 0.313 e. The van der Waals surface area contributed by atoms with Crippen molar-refractivity contribution < 1.29 is 23.8 Å². The zero-order valence-corrected chi connectivity index (χ0v) is 18.3. The molecule has 0 aliphatic carbocycles. The fourth-order valence-corrected chi connectivity index (χ4v) is 3.78. The summed E-state index contributed by atoms with van der Waals surface area (Å²) in [5.74, 6) is -3.38. The van der Waals surface area contributed by atoms with Gasteiger partial charge in [0.15, 0.2) is 11.6 Å². The Kier molecular flexibility index (Phi) is 6.11. The zero-order valence-electron chi connectivity index (χ0n) is 16.8. The van der Waals surface area contributed by atoms with Crippen LogP contribution in [-0.2, 0) is 9.53 Å². The van der Waals surface area contributed by atoms with Crippen LogP contribution in [0.3, 0.4) is 0 Å². The summed E-state index contributed by atoms with van der Waals surface area (Å²) >= 11 is 12.0. The van der Waals surface area contributed by atoms with Gasteiger partial charge in [-0.25, -0.2) is 4.39 Å². The maximum atomic E-state index is 15.0. The molecule has 2 aromatic carbocycles. The SMILES string of the molecule is Cc1c([C@H](C)C(=O)OC(C)C)c2c(F)c(O)ccc2n1C(=O)c1ccc(Cl)c(Cl)c1. The third-order valence-corrected chi connectivity index (χ3v) is 5.58. The van der Waals surface area contributed by atoms with Crippen LogP contribution in [0.5, 0.6) is 5.75 Å². The average Bonchev–Trinajstić information content (AvgIpc) is 2.97. The summed E-state index contributed by atoms with van der Waals surface area (Å²) in [7, 11) is 0. The van der Waals surface area contributed by atoms with Crippen LogP contribution in [0.25, 0.3) is 10.9 Å². The van der Waals surface area contributed by atoms with Gasteiger partial charge in [-0.3, -0.25) is 14.2 Å². The Balaban J connectivity index is 2.27. The lowest BCUT2D eigenvalue weighted by atomic mass is 9.97. The summed E-state index contributed by atoms with van der Waals surface area (Å²) < 4.78 is 21.5. The van der Waals surface area contributed by atoms with Crippen molar-refractivity contribution in [2.75, 3.05) is 0 Å². The number of esters is 1. The molecule has 0 amide bonds. The molecule has 8 heteroatoms. The molecule has 0 radical (unpaired) electrons. The van der Waals surface area contributed by atoms with Gasteiger partial charge in [-0.05, 0) is 63.6 Å². The molecule has 0 spiro atoms. The minimum absolute atomic E-state index is 0.00545. The van der Waals surface area contributed by atoms with E-state index in [9.17, 15) is 19.1 Å². The van der Waals surface area contributed by atoms with Crippen LogP contribution < -0.4 is 0 Å². The monoisotopic (exact) mass is 451 g/mol. The molecule has 0 aliphatic heterocycles. The zero-order chi connectivity index (χ0) is 22.3. The Hall–Kier alpha value is -2.57. The fraction of sp³-hybridized carbons (Fsp3) is 0.273. The highest BCUT2D eigenvalue weighted by Gasteiger charge is 2.30. The van der Waals surface area contributed by atoms with E-state index in [-0.39, 0.29) is 33.2 Å². The van der Waals surface area contributed by atoms with Crippen molar-refractivity contribution in [2.24, 2.45) is 0 Å². The maximum Gasteiger partial charge on any atom is 0.313 e. The third kappa shape index (κ3) is 3.77. The number of fused-ring (bicyclic) bond motifs is 1. The van der Waals surface area contributed by atoms with Gasteiger partial charge in [0.25, 0.3) is 5.91 Å². The highest BCUT2D eigenvalue weighted by Crippen LogP contribution is 2.38. The second-order valence-electron chi connectivity index (χ2n) is 7.27. The predicted molar refractivity (Wildman–Crippen MR) is 114 cm³/mol. The van der Waals surface area contributed by atoms with E-state index in [0.717, 1.165) is 6.07 Å². The lowest BCUT2D eigenvalue weighted by Crippen LogP contribution is -2.19. The Morgan fingerprint density at radius 2 is 1.77 bits per heavy atom. The van der Waals surface area contributed by atoms with Crippen molar-refractivity contribution in [3.05, 3.63) is 63.0 Å². The highest BCUT2D eigenvalue weighted by molar-refractivity contribution is 6.42. The van der Waals surface area contributed by atoms with E-state index in [1.54, 1.807) is 27.7 Å². The molecular weight excluding hydrogens is 432 g/mol. The normalized spacial score (nSPS) is 12.4. The van der Waals surface area contributed by atoms with Crippen molar-refractivity contribution >= 4 is 46.0 Å². The van der Waals surface area contributed by atoms with Crippen molar-refractivity contribution in [3.63, 3.8) is 0 Å². The molecule has 1 heterocycles. The Bertz CT molecular complexity index is 1170. The number of phenols is 1. The number of hydrogen-bond donors (Lipinski definition) is 1. The molecule has 1 atom stereocenters. The van der Waals surface area contributed by atoms with Crippen LogP contribution in [0.4, 0.5) is 4.39 Å². The van der Waals surface area contributed by atoms with Crippen molar-refractivity contribution in [1.82, 2.24) is 4.57 Å². The lowest BCUT2D eigenvalue weighted by molar-refractivity contribution is -0.148. The minimum atomic E-state index is -0.907. The molecule has 30 heavy (non-hydrogen) atoms. The standard InChI is InChI=1S/C22H20Cl2FNO4/c1-10(2)30-22(29)11(3)18-12(4)26(16-7-8-17(27)20(25)19(16)18)21(28)13-5-6-14(23)15(24)9-13/h5-11,27H,1-4H3/t11-/m0/s1. The second kappa shape index (κ2) is 8.28. The van der Waals surface area contributed by atoms with Crippen LogP contribution in [-0.4, -0.2) is 27.7 Å². The van der Waals surface area contributed by atoms with Crippen LogP contribution in [0.15, 0.2) is 30.3 Å². The van der Waals surface area contributed by atoms with Gasteiger partial charge in [0, 0.05) is 16.6 Å². The van der Waals surface area contributed by atoms with Crippen LogP contribution in [0.1, 0.15) is 48.3 Å². The molecule has 0 bridgehead atoms. The molecule has 1 N–H and O–H groups in total. The number of ether oxygens (including phenoxy) is 1. The lowest BCUT2D eigenvalue weighted by Gasteiger charge is -2.15. The predicted octanol–water partition coefficient (Wildman–Crippen LogP) is 5.84. The number of aromatic hydroxyl groups is 1. The number of nitrogens with zero attached hydrogens (tertiary/aromatic N) is 1. The van der Waals surface area contributed by atoms with E-state index in [0.29, 0.717) is 10.7 Å². The minimum Gasteiger partial charge on any atom is -0.505 e. The molecule has 0 saturated carbocycles. The third-order valence-electron chi connectivity index (χ3n) is 4.84. The van der Waals surface area contributed by atoms with E-state index in [1.165, 1.54) is 28.8 Å². The summed E-state index contributed by atoms with van der Waals surface area (Å²) in [6.07, 6.45) is -0.357. The first-order valence-corrected chi connectivity index (χ1v) is 10.0. The molecule has 0 aliphatic rings. The molecule has 1 aromatic heterocycles. The molecule has 0 unspecified atom stereocenters. The first-order chi connectivity index (χ1) is 14.0. The first kappa shape index (κ1) is 22.1. The average molecular weight is 452 g/mol. The van der Waals surface area contributed by atoms with Gasteiger partial charge in [-0.1, -0.05) is 23.2 Å². The van der Waals surface area contributed by atoms with E-state index in [2.05, 4.69) is 0 Å². The molecule has 158 valence electrons. The highest BCUT2D eigenvalue weighted by atomic mass is 35.5. The van der Waals surface area contributed by atoms with E-state index < -0.39 is 29.4 Å². The van der Waals surface area contributed by atoms with Gasteiger partial charge >= 0.3 is 5.97 Å². The number of phenolic OH excluding ortho intramolecular Hbond substituents is 1. The van der Waals surface area contributed by atoms with Gasteiger partial charge in [0.1, 0.15) is 0 Å². The largest absolute Gasteiger partial charge is 0.505 e. The van der Waals surface area contributed by atoms with Gasteiger partial charge in [0.05, 0.1) is 27.6 Å². The summed E-state index contributed by atoms with van der Waals surface area (Å²) in [5.41, 5.74) is 1.09. The van der Waals surface area contributed by atoms with Gasteiger partial charge < -0.3 is 9.84 Å². The van der Waals surface area contributed by atoms with Crippen molar-refractivity contribution in [3.8, 4) is 5.75 Å². The van der Waals surface area contributed by atoms with Gasteiger partial charge in [-0.15, -0.1) is 0 Å². The number of aromatic nitrogens is 1. The van der Waals surface area contributed by atoms with Crippen LogP contribution in [0.2, 0.25) is 10.0 Å². The fourth-order valence-electron chi connectivity index (χ4n) is 3.48. The summed E-state index contributed by atoms with van der Waals surface area (Å²) in [4.78, 5) is 25.8. The summed E-state index contributed by atoms with van der Waals surface area (Å²) in [6, 6.07) is 7.02. The molecular formula is C22H20Cl2FNO4. The van der Waals surface area contributed by atoms with E-state index in [1.807, 2.05) is 0 Å². The van der Waals surface area contributed by atoms with Crippen molar-refractivity contribution in [1.29, 1.82) is 0 Å². The van der Waals surface area contributed by atoms with Crippen molar-refractivity contribution in [2.45, 2.75) is 39.7 Å². The number of rotatable bonds is 4. The molecule has 3 aromatic rings. The Labute approximate surface area is 183 Å². The quantitative estimate of drug-likeness (QED) is 0.505. The molecule has 5 nitrogen and oxygen atoms in total. The Morgan fingerprint density at radius 1 is 1.10 bits per heavy atom. The molecule has 0 saturated heterocycles. The summed E-state index contributed by atoms with van der Waals surface area (Å²) in [5, 5.41) is 10.4. The van der Waals surface area contributed by atoms with Gasteiger partial charge in [0.2, 0.25) is 0 Å².